The largest absolute Gasteiger partial charge is 0.325 e. The molecule has 1 heterocycles. The molecule has 62 valence electrons. The number of carbonyl (C=O) groups is 1. The fraction of sp³-hybridized carbons (Fsp3) is 0. The fourth-order valence-electron chi connectivity index (χ4n) is 0.703. The molecule has 0 bridgehead atoms. The minimum atomic E-state index is -0.705. The zero-order valence-corrected chi connectivity index (χ0v) is 6.09. The zero-order chi connectivity index (χ0) is 9.14. The fourth-order valence-corrected chi connectivity index (χ4v) is 0.703. The van der Waals surface area contributed by atoms with Gasteiger partial charge in [0.1, 0.15) is 5.56 Å². The Morgan fingerprint density at radius 3 is 2.67 bits per heavy atom. The lowest BCUT2D eigenvalue weighted by Crippen LogP contribution is -2.26. The highest BCUT2D eigenvalue weighted by Gasteiger charge is 2.05. The van der Waals surface area contributed by atoms with Gasteiger partial charge in [-0.15, -0.1) is 0 Å². The lowest BCUT2D eigenvalue weighted by Gasteiger charge is -1.90. The quantitative estimate of drug-likeness (QED) is 0.456. The smallest absolute Gasteiger partial charge is 0.313 e. The van der Waals surface area contributed by atoms with Crippen molar-refractivity contribution >= 4 is 5.78 Å². The first-order chi connectivity index (χ1) is 5.65. The molecule has 0 unspecified atom stereocenters. The summed E-state index contributed by atoms with van der Waals surface area (Å²) < 4.78 is 0. The number of H-pyrrole nitrogens is 2. The van der Waals surface area contributed by atoms with Crippen molar-refractivity contribution in [1.29, 1.82) is 0 Å². The van der Waals surface area contributed by atoms with Crippen molar-refractivity contribution in [2.45, 2.75) is 0 Å². The maximum absolute atomic E-state index is 10.9. The van der Waals surface area contributed by atoms with Crippen LogP contribution in [0.15, 0.2) is 28.4 Å². The standard InChI is InChI=1S/C7H6N2O3/c1-2-5(10)4-3-8-7(12)9-6(4)11/h2-3H,1H2,(H2,8,9,11,12). The number of ketones is 1. The number of allylic oxidation sites excluding steroid dienone is 1. The maximum Gasteiger partial charge on any atom is 0.325 e. The molecule has 0 spiro atoms. The molecule has 1 aromatic heterocycles. The third kappa shape index (κ3) is 1.39. The van der Waals surface area contributed by atoms with E-state index in [0.29, 0.717) is 0 Å². The first-order valence-electron chi connectivity index (χ1n) is 3.14. The Labute approximate surface area is 66.8 Å². The molecule has 0 saturated carbocycles. The van der Waals surface area contributed by atoms with Crippen LogP contribution < -0.4 is 11.2 Å². The summed E-state index contributed by atoms with van der Waals surface area (Å²) in [5, 5.41) is 0. The van der Waals surface area contributed by atoms with E-state index in [1.165, 1.54) is 0 Å². The highest BCUT2D eigenvalue weighted by Crippen LogP contribution is 1.87. The van der Waals surface area contributed by atoms with Gasteiger partial charge in [-0.05, 0) is 6.08 Å². The predicted molar refractivity (Wildman–Crippen MR) is 42.2 cm³/mol. The van der Waals surface area contributed by atoms with E-state index in [1.54, 1.807) is 0 Å². The molecule has 0 aromatic carbocycles. The van der Waals surface area contributed by atoms with E-state index in [4.69, 9.17) is 0 Å². The number of hydrogen-bond donors (Lipinski definition) is 2. The van der Waals surface area contributed by atoms with Crippen molar-refractivity contribution in [3.63, 3.8) is 0 Å². The van der Waals surface area contributed by atoms with Crippen LogP contribution in [-0.2, 0) is 0 Å². The summed E-state index contributed by atoms with van der Waals surface area (Å²) >= 11 is 0. The second-order valence-corrected chi connectivity index (χ2v) is 2.05. The van der Waals surface area contributed by atoms with Gasteiger partial charge in [0, 0.05) is 6.20 Å². The molecular weight excluding hydrogens is 160 g/mol. The van der Waals surface area contributed by atoms with E-state index in [2.05, 4.69) is 11.6 Å². The molecule has 0 saturated heterocycles. The summed E-state index contributed by atoms with van der Waals surface area (Å²) in [6.07, 6.45) is 2.06. The highest BCUT2D eigenvalue weighted by atomic mass is 16.2. The molecule has 5 heteroatoms. The van der Waals surface area contributed by atoms with Crippen molar-refractivity contribution in [1.82, 2.24) is 9.97 Å². The molecule has 0 aliphatic carbocycles. The average Bonchev–Trinajstić information content (AvgIpc) is 2.03. The predicted octanol–water partition coefficient (Wildman–Crippen LogP) is -0.568. The Kier molecular flexibility index (Phi) is 2.05. The van der Waals surface area contributed by atoms with Crippen molar-refractivity contribution in [2.75, 3.05) is 0 Å². The maximum atomic E-state index is 10.9. The van der Waals surface area contributed by atoms with Gasteiger partial charge in [-0.25, -0.2) is 4.79 Å². The summed E-state index contributed by atoms with van der Waals surface area (Å²) in [4.78, 5) is 36.4. The first-order valence-corrected chi connectivity index (χ1v) is 3.14. The summed E-state index contributed by atoms with van der Waals surface area (Å²) in [5.74, 6) is -0.521. The number of nitrogens with one attached hydrogen (secondary N) is 2. The van der Waals surface area contributed by atoms with E-state index in [9.17, 15) is 14.4 Å². The van der Waals surface area contributed by atoms with Crippen molar-refractivity contribution in [2.24, 2.45) is 0 Å². The van der Waals surface area contributed by atoms with Gasteiger partial charge in [0.05, 0.1) is 0 Å². The Morgan fingerprint density at radius 1 is 1.50 bits per heavy atom. The van der Waals surface area contributed by atoms with Crippen LogP contribution in [0, 0.1) is 0 Å². The number of rotatable bonds is 2. The van der Waals surface area contributed by atoms with Crippen LogP contribution in [-0.4, -0.2) is 15.8 Å². The Bertz CT molecular complexity index is 427. The van der Waals surface area contributed by atoms with Gasteiger partial charge in [0.2, 0.25) is 0 Å². The topological polar surface area (TPSA) is 82.8 Å². The van der Waals surface area contributed by atoms with Crippen molar-refractivity contribution in [3.8, 4) is 0 Å². The monoisotopic (exact) mass is 166 g/mol. The van der Waals surface area contributed by atoms with Crippen LogP contribution in [0.2, 0.25) is 0 Å². The second kappa shape index (κ2) is 3.00. The number of aromatic amines is 2. The normalized spacial score (nSPS) is 9.33. The number of hydrogen-bond acceptors (Lipinski definition) is 3. The van der Waals surface area contributed by atoms with Crippen LogP contribution in [0.5, 0.6) is 0 Å². The van der Waals surface area contributed by atoms with Gasteiger partial charge < -0.3 is 4.98 Å². The van der Waals surface area contributed by atoms with Crippen LogP contribution in [0.25, 0.3) is 0 Å². The van der Waals surface area contributed by atoms with Crippen LogP contribution in [0.1, 0.15) is 10.4 Å². The van der Waals surface area contributed by atoms with Crippen LogP contribution in [0.4, 0.5) is 0 Å². The lowest BCUT2D eigenvalue weighted by molar-refractivity contribution is 0.104. The number of aromatic nitrogens is 2. The summed E-state index contributed by atoms with van der Waals surface area (Å²) in [6.45, 7) is 3.21. The molecule has 2 N–H and O–H groups in total. The molecule has 5 nitrogen and oxygen atoms in total. The average molecular weight is 166 g/mol. The minimum Gasteiger partial charge on any atom is -0.313 e. The molecule has 0 fully saturated rings. The van der Waals surface area contributed by atoms with E-state index in [1.807, 2.05) is 4.98 Å². The highest BCUT2D eigenvalue weighted by molar-refractivity contribution is 6.03. The van der Waals surface area contributed by atoms with E-state index >= 15 is 0 Å². The first kappa shape index (κ1) is 8.19. The minimum absolute atomic E-state index is 0.121. The zero-order valence-electron chi connectivity index (χ0n) is 6.09. The molecule has 1 rings (SSSR count). The Morgan fingerprint density at radius 2 is 2.17 bits per heavy atom. The molecular formula is C7H6N2O3. The van der Waals surface area contributed by atoms with Crippen LogP contribution >= 0.6 is 0 Å². The third-order valence-corrected chi connectivity index (χ3v) is 1.27. The summed E-state index contributed by atoms with van der Waals surface area (Å²) in [7, 11) is 0. The number of carbonyl (C=O) groups excluding carboxylic acids is 1. The van der Waals surface area contributed by atoms with Crippen molar-refractivity contribution in [3.05, 3.63) is 45.3 Å². The molecule has 0 radical (unpaired) electrons. The van der Waals surface area contributed by atoms with Gasteiger partial charge in [-0.1, -0.05) is 6.58 Å². The third-order valence-electron chi connectivity index (χ3n) is 1.27. The second-order valence-electron chi connectivity index (χ2n) is 2.05. The van der Waals surface area contributed by atoms with Crippen LogP contribution in [0.3, 0.4) is 0 Å². The van der Waals surface area contributed by atoms with E-state index in [0.717, 1.165) is 12.3 Å². The summed E-state index contributed by atoms with van der Waals surface area (Å²) in [5.41, 5.74) is -1.46. The molecule has 0 atom stereocenters. The van der Waals surface area contributed by atoms with E-state index < -0.39 is 17.0 Å². The van der Waals surface area contributed by atoms with Gasteiger partial charge >= 0.3 is 5.69 Å². The lowest BCUT2D eigenvalue weighted by atomic mass is 10.2. The SMILES string of the molecule is C=CC(=O)c1c[nH]c(=O)[nH]c1=O. The molecule has 1 aromatic rings. The van der Waals surface area contributed by atoms with Gasteiger partial charge in [0.25, 0.3) is 5.56 Å². The van der Waals surface area contributed by atoms with Gasteiger partial charge in [-0.3, -0.25) is 14.6 Å². The molecule has 0 amide bonds. The molecule has 0 aliphatic rings. The van der Waals surface area contributed by atoms with E-state index in [-0.39, 0.29) is 5.56 Å². The van der Waals surface area contributed by atoms with Gasteiger partial charge in [0.15, 0.2) is 5.78 Å². The molecule has 12 heavy (non-hydrogen) atoms. The van der Waals surface area contributed by atoms with Gasteiger partial charge in [-0.2, -0.15) is 0 Å². The molecule has 0 aliphatic heterocycles. The summed E-state index contributed by atoms with van der Waals surface area (Å²) in [6, 6.07) is 0. The Hall–Kier alpha value is -1.91. The Balaban J connectivity index is 3.37. The van der Waals surface area contributed by atoms with Crippen molar-refractivity contribution < 1.29 is 4.79 Å².